The standard InChI is InChI=1S/C15H22FNO2/c1-4-8-15(2)10-17-9-13(19-15)14-11(16)6-5-7-12(14)18-3/h5-7,13,17H,4,8-10H2,1-3H3. The SMILES string of the molecule is CCCC1(C)CNCC(c2c(F)cccc2OC)O1. The zero-order valence-electron chi connectivity index (χ0n) is 11.8. The average molecular weight is 267 g/mol. The third kappa shape index (κ3) is 3.07. The molecule has 2 atom stereocenters. The Morgan fingerprint density at radius 3 is 3.00 bits per heavy atom. The quantitative estimate of drug-likeness (QED) is 0.909. The van der Waals surface area contributed by atoms with E-state index in [9.17, 15) is 4.39 Å². The third-order valence-corrected chi connectivity index (χ3v) is 3.59. The Morgan fingerprint density at radius 2 is 2.32 bits per heavy atom. The molecule has 1 aliphatic rings. The highest BCUT2D eigenvalue weighted by atomic mass is 19.1. The molecule has 4 heteroatoms. The van der Waals surface area contributed by atoms with Gasteiger partial charge in [0.15, 0.2) is 0 Å². The Labute approximate surface area is 114 Å². The summed E-state index contributed by atoms with van der Waals surface area (Å²) in [5, 5.41) is 3.34. The number of rotatable bonds is 4. The van der Waals surface area contributed by atoms with Gasteiger partial charge in [-0.2, -0.15) is 0 Å². The summed E-state index contributed by atoms with van der Waals surface area (Å²) in [6.45, 7) is 5.61. The Hall–Kier alpha value is -1.13. The van der Waals surface area contributed by atoms with Gasteiger partial charge in [-0.25, -0.2) is 4.39 Å². The fraction of sp³-hybridized carbons (Fsp3) is 0.600. The van der Waals surface area contributed by atoms with E-state index >= 15 is 0 Å². The molecule has 0 aliphatic carbocycles. The summed E-state index contributed by atoms with van der Waals surface area (Å²) in [6, 6.07) is 4.87. The highest BCUT2D eigenvalue weighted by molar-refractivity contribution is 5.37. The summed E-state index contributed by atoms with van der Waals surface area (Å²) in [4.78, 5) is 0. The minimum absolute atomic E-state index is 0.245. The number of halogens is 1. The second-order valence-electron chi connectivity index (χ2n) is 5.29. The van der Waals surface area contributed by atoms with Crippen LogP contribution in [0.2, 0.25) is 0 Å². The van der Waals surface area contributed by atoms with Gasteiger partial charge in [0, 0.05) is 13.1 Å². The molecule has 1 saturated heterocycles. The predicted molar refractivity (Wildman–Crippen MR) is 73.0 cm³/mol. The van der Waals surface area contributed by atoms with E-state index in [4.69, 9.17) is 9.47 Å². The number of nitrogens with one attached hydrogen (secondary N) is 1. The van der Waals surface area contributed by atoms with Gasteiger partial charge < -0.3 is 14.8 Å². The monoisotopic (exact) mass is 267 g/mol. The van der Waals surface area contributed by atoms with Crippen LogP contribution in [0.15, 0.2) is 18.2 Å². The van der Waals surface area contributed by atoms with Crippen molar-refractivity contribution in [2.75, 3.05) is 20.2 Å². The lowest BCUT2D eigenvalue weighted by molar-refractivity contribution is -0.113. The summed E-state index contributed by atoms with van der Waals surface area (Å²) in [6.07, 6.45) is 1.69. The first-order valence-corrected chi connectivity index (χ1v) is 6.80. The number of ether oxygens (including phenoxy) is 2. The van der Waals surface area contributed by atoms with E-state index in [1.165, 1.54) is 6.07 Å². The number of hydrogen-bond donors (Lipinski definition) is 1. The molecule has 2 rings (SSSR count). The predicted octanol–water partition coefficient (Wildman–Crippen LogP) is 3.05. The maximum atomic E-state index is 14.1. The summed E-state index contributed by atoms with van der Waals surface area (Å²) in [5.41, 5.74) is 0.268. The first-order chi connectivity index (χ1) is 9.09. The van der Waals surface area contributed by atoms with E-state index in [1.807, 2.05) is 0 Å². The molecule has 1 aromatic rings. The topological polar surface area (TPSA) is 30.5 Å². The summed E-state index contributed by atoms with van der Waals surface area (Å²) in [5.74, 6) is 0.277. The van der Waals surface area contributed by atoms with Gasteiger partial charge in [0.2, 0.25) is 0 Å². The number of hydrogen-bond acceptors (Lipinski definition) is 3. The van der Waals surface area contributed by atoms with Gasteiger partial charge >= 0.3 is 0 Å². The lowest BCUT2D eigenvalue weighted by atomic mass is 9.96. The number of benzene rings is 1. The van der Waals surface area contributed by atoms with Crippen molar-refractivity contribution >= 4 is 0 Å². The molecule has 1 heterocycles. The smallest absolute Gasteiger partial charge is 0.132 e. The van der Waals surface area contributed by atoms with Crippen LogP contribution in [0.1, 0.15) is 38.4 Å². The third-order valence-electron chi connectivity index (χ3n) is 3.59. The molecule has 0 bridgehead atoms. The minimum atomic E-state index is -0.304. The van der Waals surface area contributed by atoms with E-state index < -0.39 is 0 Å². The number of methoxy groups -OCH3 is 1. The first-order valence-electron chi connectivity index (χ1n) is 6.80. The molecule has 1 aliphatic heterocycles. The van der Waals surface area contributed by atoms with Crippen LogP contribution in [-0.4, -0.2) is 25.8 Å². The molecule has 0 radical (unpaired) electrons. The molecule has 1 fully saturated rings. The summed E-state index contributed by atoms with van der Waals surface area (Å²) in [7, 11) is 1.56. The highest BCUT2D eigenvalue weighted by Gasteiger charge is 2.35. The van der Waals surface area contributed by atoms with Gasteiger partial charge in [-0.3, -0.25) is 0 Å². The van der Waals surface area contributed by atoms with Gasteiger partial charge in [-0.15, -0.1) is 0 Å². The molecule has 106 valence electrons. The molecular weight excluding hydrogens is 245 g/mol. The van der Waals surface area contributed by atoms with E-state index in [-0.39, 0.29) is 17.5 Å². The van der Waals surface area contributed by atoms with Crippen LogP contribution < -0.4 is 10.1 Å². The molecule has 2 unspecified atom stereocenters. The zero-order valence-corrected chi connectivity index (χ0v) is 11.8. The molecule has 0 amide bonds. The lowest BCUT2D eigenvalue weighted by Gasteiger charge is -2.39. The van der Waals surface area contributed by atoms with Gasteiger partial charge in [-0.1, -0.05) is 19.4 Å². The maximum absolute atomic E-state index is 14.1. The molecule has 0 spiro atoms. The van der Waals surface area contributed by atoms with Crippen molar-refractivity contribution < 1.29 is 13.9 Å². The van der Waals surface area contributed by atoms with Crippen molar-refractivity contribution in [3.05, 3.63) is 29.6 Å². The van der Waals surface area contributed by atoms with Crippen LogP contribution in [0.25, 0.3) is 0 Å². The molecular formula is C15H22FNO2. The fourth-order valence-corrected chi connectivity index (χ4v) is 2.74. The van der Waals surface area contributed by atoms with Gasteiger partial charge in [0.25, 0.3) is 0 Å². The van der Waals surface area contributed by atoms with E-state index in [0.29, 0.717) is 17.9 Å². The molecule has 1 N–H and O–H groups in total. The van der Waals surface area contributed by atoms with Crippen molar-refractivity contribution in [3.63, 3.8) is 0 Å². The second kappa shape index (κ2) is 5.88. The Balaban J connectivity index is 2.27. The Kier molecular flexibility index (Phi) is 4.42. The van der Waals surface area contributed by atoms with Crippen molar-refractivity contribution in [1.82, 2.24) is 5.32 Å². The van der Waals surface area contributed by atoms with Gasteiger partial charge in [0.05, 0.1) is 18.3 Å². The summed E-state index contributed by atoms with van der Waals surface area (Å²) >= 11 is 0. The van der Waals surface area contributed by atoms with Crippen LogP contribution in [0.5, 0.6) is 5.75 Å². The number of morpholine rings is 1. The van der Waals surface area contributed by atoms with Crippen LogP contribution in [0.3, 0.4) is 0 Å². The maximum Gasteiger partial charge on any atom is 0.132 e. The first kappa shape index (κ1) is 14.3. The second-order valence-corrected chi connectivity index (χ2v) is 5.29. The van der Waals surface area contributed by atoms with E-state index in [1.54, 1.807) is 19.2 Å². The van der Waals surface area contributed by atoms with Crippen LogP contribution >= 0.6 is 0 Å². The minimum Gasteiger partial charge on any atom is -0.496 e. The zero-order chi connectivity index (χ0) is 13.9. The van der Waals surface area contributed by atoms with E-state index in [2.05, 4.69) is 19.2 Å². The van der Waals surface area contributed by atoms with Gasteiger partial charge in [0.1, 0.15) is 17.7 Å². The summed E-state index contributed by atoms with van der Waals surface area (Å²) < 4.78 is 25.5. The molecule has 1 aromatic carbocycles. The van der Waals surface area contributed by atoms with Crippen molar-refractivity contribution in [1.29, 1.82) is 0 Å². The van der Waals surface area contributed by atoms with Gasteiger partial charge in [-0.05, 0) is 25.5 Å². The Morgan fingerprint density at radius 1 is 1.53 bits per heavy atom. The molecule has 19 heavy (non-hydrogen) atoms. The molecule has 0 aromatic heterocycles. The van der Waals surface area contributed by atoms with Crippen LogP contribution in [0, 0.1) is 5.82 Å². The van der Waals surface area contributed by atoms with E-state index in [0.717, 1.165) is 19.4 Å². The average Bonchev–Trinajstić information content (AvgIpc) is 2.38. The molecule has 3 nitrogen and oxygen atoms in total. The van der Waals surface area contributed by atoms with Crippen LogP contribution in [0.4, 0.5) is 4.39 Å². The van der Waals surface area contributed by atoms with Crippen LogP contribution in [-0.2, 0) is 4.74 Å². The largest absolute Gasteiger partial charge is 0.496 e. The van der Waals surface area contributed by atoms with Crippen molar-refractivity contribution in [3.8, 4) is 5.75 Å². The normalized spacial score (nSPS) is 27.3. The molecule has 0 saturated carbocycles. The fourth-order valence-electron chi connectivity index (χ4n) is 2.74. The Bertz CT molecular complexity index is 434. The highest BCUT2D eigenvalue weighted by Crippen LogP contribution is 2.36. The van der Waals surface area contributed by atoms with Crippen molar-refractivity contribution in [2.45, 2.75) is 38.4 Å². The lowest BCUT2D eigenvalue weighted by Crippen LogP contribution is -2.49. The van der Waals surface area contributed by atoms with Crippen molar-refractivity contribution in [2.24, 2.45) is 0 Å².